The smallest absolute Gasteiger partial charge is 0.129 e. The van der Waals surface area contributed by atoms with E-state index in [1.54, 1.807) is 6.92 Å². The van der Waals surface area contributed by atoms with Crippen LogP contribution in [0.4, 0.5) is 0 Å². The first-order valence-corrected chi connectivity index (χ1v) is 4.93. The van der Waals surface area contributed by atoms with Crippen LogP contribution in [0.5, 0.6) is 0 Å². The summed E-state index contributed by atoms with van der Waals surface area (Å²) in [5.41, 5.74) is 0. The largest absolute Gasteiger partial charge is 0.300 e. The molecule has 3 unspecified atom stereocenters. The first-order chi connectivity index (χ1) is 5.75. The quantitative estimate of drug-likeness (QED) is 0.586. The third-order valence-corrected chi connectivity index (χ3v) is 3.28. The number of Topliss-reactive ketones (excluding diaryl/α,β-unsaturated/α-hetero) is 1. The molecule has 2 aliphatic carbocycles. The van der Waals surface area contributed by atoms with Crippen LogP contribution < -0.4 is 0 Å². The van der Waals surface area contributed by atoms with Crippen LogP contribution in [-0.4, -0.2) is 5.78 Å². The molecule has 0 aromatic rings. The van der Waals surface area contributed by atoms with Crippen LogP contribution in [0.25, 0.3) is 0 Å². The van der Waals surface area contributed by atoms with Gasteiger partial charge >= 0.3 is 0 Å². The predicted molar refractivity (Wildman–Crippen MR) is 48.8 cm³/mol. The van der Waals surface area contributed by atoms with Gasteiger partial charge in [0.1, 0.15) is 5.78 Å². The Balaban J connectivity index is 1.83. The molecule has 0 heterocycles. The first kappa shape index (κ1) is 8.03. The average Bonchev–Trinajstić information content (AvgIpc) is 2.60. The highest BCUT2D eigenvalue weighted by Crippen LogP contribution is 2.45. The minimum atomic E-state index is 0.349. The van der Waals surface area contributed by atoms with Crippen molar-refractivity contribution in [3.8, 4) is 0 Å². The van der Waals surface area contributed by atoms with Crippen molar-refractivity contribution in [2.75, 3.05) is 0 Å². The zero-order valence-electron chi connectivity index (χ0n) is 7.62. The number of hydrogen-bond donors (Lipinski definition) is 0. The number of ketones is 1. The lowest BCUT2D eigenvalue weighted by atomic mass is 9.89. The Bertz CT molecular complexity index is 217. The molecule has 12 heavy (non-hydrogen) atoms. The topological polar surface area (TPSA) is 17.1 Å². The average molecular weight is 164 g/mol. The molecule has 1 nitrogen and oxygen atoms in total. The van der Waals surface area contributed by atoms with Gasteiger partial charge in [0, 0.05) is 6.42 Å². The maximum atomic E-state index is 10.8. The van der Waals surface area contributed by atoms with E-state index < -0.39 is 0 Å². The molecule has 1 heteroatoms. The van der Waals surface area contributed by atoms with E-state index in [1.165, 1.54) is 12.8 Å². The SMILES string of the molecule is CC(=O)CCC1CC2C=CC1C2. The number of rotatable bonds is 3. The fraction of sp³-hybridized carbons (Fsp3) is 0.727. The lowest BCUT2D eigenvalue weighted by molar-refractivity contribution is -0.117. The third kappa shape index (κ3) is 1.45. The highest BCUT2D eigenvalue weighted by atomic mass is 16.1. The Morgan fingerprint density at radius 1 is 1.42 bits per heavy atom. The highest BCUT2D eigenvalue weighted by molar-refractivity contribution is 5.75. The van der Waals surface area contributed by atoms with Crippen molar-refractivity contribution in [2.24, 2.45) is 17.8 Å². The van der Waals surface area contributed by atoms with E-state index >= 15 is 0 Å². The third-order valence-electron chi connectivity index (χ3n) is 3.28. The number of carbonyl (C=O) groups excluding carboxylic acids is 1. The van der Waals surface area contributed by atoms with Crippen LogP contribution in [0, 0.1) is 17.8 Å². The fourth-order valence-corrected chi connectivity index (χ4v) is 2.62. The van der Waals surface area contributed by atoms with Crippen LogP contribution in [0.2, 0.25) is 0 Å². The highest BCUT2D eigenvalue weighted by Gasteiger charge is 2.34. The van der Waals surface area contributed by atoms with E-state index in [4.69, 9.17) is 0 Å². The summed E-state index contributed by atoms with van der Waals surface area (Å²) >= 11 is 0. The van der Waals surface area contributed by atoms with E-state index in [9.17, 15) is 4.79 Å². The van der Waals surface area contributed by atoms with Crippen LogP contribution in [0.3, 0.4) is 0 Å². The van der Waals surface area contributed by atoms with Crippen molar-refractivity contribution >= 4 is 5.78 Å². The van der Waals surface area contributed by atoms with Crippen molar-refractivity contribution in [1.82, 2.24) is 0 Å². The van der Waals surface area contributed by atoms with Crippen molar-refractivity contribution in [3.63, 3.8) is 0 Å². The minimum Gasteiger partial charge on any atom is -0.300 e. The molecule has 1 fully saturated rings. The Hall–Kier alpha value is -0.590. The van der Waals surface area contributed by atoms with E-state index in [2.05, 4.69) is 12.2 Å². The number of fused-ring (bicyclic) bond motifs is 2. The molecule has 0 aromatic carbocycles. The molecule has 0 amide bonds. The van der Waals surface area contributed by atoms with E-state index in [-0.39, 0.29) is 0 Å². The summed E-state index contributed by atoms with van der Waals surface area (Å²) in [6, 6.07) is 0. The Morgan fingerprint density at radius 2 is 2.25 bits per heavy atom. The van der Waals surface area contributed by atoms with Gasteiger partial charge in [-0.2, -0.15) is 0 Å². The monoisotopic (exact) mass is 164 g/mol. The molecule has 66 valence electrons. The molecule has 0 saturated heterocycles. The zero-order valence-corrected chi connectivity index (χ0v) is 7.62. The summed E-state index contributed by atoms with van der Waals surface area (Å²) in [5, 5.41) is 0. The summed E-state index contributed by atoms with van der Waals surface area (Å²) in [7, 11) is 0. The van der Waals surface area contributed by atoms with Gasteiger partial charge in [0.25, 0.3) is 0 Å². The van der Waals surface area contributed by atoms with Crippen LogP contribution in [0.15, 0.2) is 12.2 Å². The lowest BCUT2D eigenvalue weighted by Crippen LogP contribution is -2.08. The van der Waals surface area contributed by atoms with E-state index in [0.717, 1.165) is 30.6 Å². The Kier molecular flexibility index (Phi) is 2.03. The van der Waals surface area contributed by atoms with Crippen molar-refractivity contribution in [3.05, 3.63) is 12.2 Å². The maximum absolute atomic E-state index is 10.8. The minimum absolute atomic E-state index is 0.349. The predicted octanol–water partition coefficient (Wildman–Crippen LogP) is 2.57. The van der Waals surface area contributed by atoms with E-state index in [1.807, 2.05) is 0 Å². The standard InChI is InChI=1S/C11H16O/c1-8(12)2-4-10-6-9-3-5-11(10)7-9/h3,5,9-11H,2,4,6-7H2,1H3. The fourth-order valence-electron chi connectivity index (χ4n) is 2.62. The van der Waals surface area contributed by atoms with Gasteiger partial charge in [-0.25, -0.2) is 0 Å². The molecular formula is C11H16O. The van der Waals surface area contributed by atoms with Crippen molar-refractivity contribution < 1.29 is 4.79 Å². The molecule has 2 aliphatic rings. The van der Waals surface area contributed by atoms with Gasteiger partial charge in [0.05, 0.1) is 0 Å². The van der Waals surface area contributed by atoms with Crippen molar-refractivity contribution in [1.29, 1.82) is 0 Å². The van der Waals surface area contributed by atoms with Gasteiger partial charge < -0.3 is 4.79 Å². The molecule has 3 atom stereocenters. The molecule has 0 N–H and O–H groups in total. The summed E-state index contributed by atoms with van der Waals surface area (Å²) in [6.07, 6.45) is 9.34. The van der Waals surface area contributed by atoms with Gasteiger partial charge in [0.2, 0.25) is 0 Å². The normalized spacial score (nSPS) is 37.6. The molecule has 0 radical (unpaired) electrons. The molecule has 2 bridgehead atoms. The molecule has 1 saturated carbocycles. The Morgan fingerprint density at radius 3 is 2.75 bits per heavy atom. The number of allylic oxidation sites excluding steroid dienone is 2. The summed E-state index contributed by atoms with van der Waals surface area (Å²) in [6.45, 7) is 1.70. The van der Waals surface area contributed by atoms with Crippen LogP contribution >= 0.6 is 0 Å². The van der Waals surface area contributed by atoms with Gasteiger partial charge in [-0.05, 0) is 43.9 Å². The second-order valence-corrected chi connectivity index (χ2v) is 4.28. The second-order valence-electron chi connectivity index (χ2n) is 4.28. The maximum Gasteiger partial charge on any atom is 0.129 e. The Labute approximate surface area is 73.8 Å². The van der Waals surface area contributed by atoms with Gasteiger partial charge in [-0.3, -0.25) is 0 Å². The van der Waals surface area contributed by atoms with Crippen molar-refractivity contribution in [2.45, 2.75) is 32.6 Å². The van der Waals surface area contributed by atoms with E-state index in [0.29, 0.717) is 5.78 Å². The van der Waals surface area contributed by atoms with Gasteiger partial charge in [0.15, 0.2) is 0 Å². The first-order valence-electron chi connectivity index (χ1n) is 4.93. The van der Waals surface area contributed by atoms with Crippen LogP contribution in [-0.2, 0) is 4.79 Å². The van der Waals surface area contributed by atoms with Gasteiger partial charge in [-0.1, -0.05) is 12.2 Å². The number of hydrogen-bond acceptors (Lipinski definition) is 1. The molecule has 2 rings (SSSR count). The lowest BCUT2D eigenvalue weighted by Gasteiger charge is -2.16. The zero-order chi connectivity index (χ0) is 8.55. The summed E-state index contributed by atoms with van der Waals surface area (Å²) in [4.78, 5) is 10.8. The van der Waals surface area contributed by atoms with Gasteiger partial charge in [-0.15, -0.1) is 0 Å². The van der Waals surface area contributed by atoms with Crippen LogP contribution in [0.1, 0.15) is 32.6 Å². The molecule has 0 aromatic heterocycles. The summed E-state index contributed by atoms with van der Waals surface area (Å²) in [5.74, 6) is 2.84. The molecular weight excluding hydrogens is 148 g/mol. The summed E-state index contributed by atoms with van der Waals surface area (Å²) < 4.78 is 0. The molecule has 0 aliphatic heterocycles. The second kappa shape index (κ2) is 3.04. The molecule has 0 spiro atoms. The number of carbonyl (C=O) groups is 1.